The van der Waals surface area contributed by atoms with Gasteiger partial charge in [0, 0.05) is 13.1 Å². The van der Waals surface area contributed by atoms with Gasteiger partial charge in [0.2, 0.25) is 0 Å². The lowest BCUT2D eigenvalue weighted by atomic mass is 10.0. The minimum absolute atomic E-state index is 0.659. The number of hydrogen-bond acceptors (Lipinski definition) is 3. The Balaban J connectivity index is 2.13. The van der Waals surface area contributed by atoms with Gasteiger partial charge in [-0.1, -0.05) is 18.5 Å². The number of hydrogen-bond donors (Lipinski definition) is 0. The standard InChI is InChI=1S/C11H16ClN3/c1-9-3-2-5-15(6-4-9)11-10(12)7-13-8-14-11/h7-9H,2-6H2,1H3/t9-/m1/s1. The molecule has 0 aromatic carbocycles. The van der Waals surface area contributed by atoms with Crippen molar-refractivity contribution in [2.45, 2.75) is 26.2 Å². The van der Waals surface area contributed by atoms with Crippen molar-refractivity contribution in [2.75, 3.05) is 18.0 Å². The Morgan fingerprint density at radius 2 is 2.27 bits per heavy atom. The maximum Gasteiger partial charge on any atom is 0.150 e. The molecule has 0 aliphatic carbocycles. The van der Waals surface area contributed by atoms with Crippen molar-refractivity contribution in [3.63, 3.8) is 0 Å². The summed E-state index contributed by atoms with van der Waals surface area (Å²) in [5.41, 5.74) is 0. The molecule has 1 aliphatic rings. The number of halogens is 1. The van der Waals surface area contributed by atoms with Gasteiger partial charge in [-0.3, -0.25) is 0 Å². The summed E-state index contributed by atoms with van der Waals surface area (Å²) >= 11 is 6.08. The molecule has 82 valence electrons. The van der Waals surface area contributed by atoms with Crippen LogP contribution in [0.2, 0.25) is 5.02 Å². The van der Waals surface area contributed by atoms with Crippen molar-refractivity contribution >= 4 is 17.4 Å². The van der Waals surface area contributed by atoms with Crippen LogP contribution in [0.1, 0.15) is 26.2 Å². The van der Waals surface area contributed by atoms with Gasteiger partial charge in [-0.2, -0.15) is 0 Å². The van der Waals surface area contributed by atoms with Crippen molar-refractivity contribution in [3.05, 3.63) is 17.5 Å². The molecule has 0 saturated carbocycles. The molecule has 3 nitrogen and oxygen atoms in total. The fraction of sp³-hybridized carbons (Fsp3) is 0.636. The highest BCUT2D eigenvalue weighted by Crippen LogP contribution is 2.25. The molecule has 0 spiro atoms. The van der Waals surface area contributed by atoms with E-state index in [0.29, 0.717) is 5.02 Å². The van der Waals surface area contributed by atoms with E-state index in [9.17, 15) is 0 Å². The van der Waals surface area contributed by atoms with E-state index in [1.165, 1.54) is 19.3 Å². The van der Waals surface area contributed by atoms with Crippen molar-refractivity contribution in [1.29, 1.82) is 0 Å². The molecule has 1 aromatic rings. The fourth-order valence-corrected chi connectivity index (χ4v) is 2.24. The fourth-order valence-electron chi connectivity index (χ4n) is 2.01. The lowest BCUT2D eigenvalue weighted by molar-refractivity contribution is 0.521. The summed E-state index contributed by atoms with van der Waals surface area (Å²) in [5, 5.41) is 0.659. The SMILES string of the molecule is C[C@@H]1CCCN(c2ncncc2Cl)CC1. The van der Waals surface area contributed by atoms with E-state index in [2.05, 4.69) is 21.8 Å². The molecule has 0 N–H and O–H groups in total. The number of aromatic nitrogens is 2. The summed E-state index contributed by atoms with van der Waals surface area (Å²) in [6.07, 6.45) is 6.98. The molecule has 0 radical (unpaired) electrons. The van der Waals surface area contributed by atoms with Crippen LogP contribution in [0.15, 0.2) is 12.5 Å². The summed E-state index contributed by atoms with van der Waals surface area (Å²) in [6.45, 7) is 4.42. The Labute approximate surface area is 95.5 Å². The minimum atomic E-state index is 0.659. The molecule has 1 saturated heterocycles. The summed E-state index contributed by atoms with van der Waals surface area (Å²) < 4.78 is 0. The van der Waals surface area contributed by atoms with Crippen molar-refractivity contribution < 1.29 is 0 Å². The van der Waals surface area contributed by atoms with E-state index >= 15 is 0 Å². The van der Waals surface area contributed by atoms with Crippen molar-refractivity contribution in [2.24, 2.45) is 5.92 Å². The maximum atomic E-state index is 6.08. The first-order chi connectivity index (χ1) is 7.27. The zero-order valence-electron chi connectivity index (χ0n) is 8.99. The first kappa shape index (κ1) is 10.7. The van der Waals surface area contributed by atoms with Gasteiger partial charge >= 0.3 is 0 Å². The van der Waals surface area contributed by atoms with Gasteiger partial charge in [0.1, 0.15) is 11.3 Å². The minimum Gasteiger partial charge on any atom is -0.355 e. The molecule has 0 bridgehead atoms. The van der Waals surface area contributed by atoms with Crippen LogP contribution in [0.4, 0.5) is 5.82 Å². The van der Waals surface area contributed by atoms with Crippen molar-refractivity contribution in [1.82, 2.24) is 9.97 Å². The Morgan fingerprint density at radius 3 is 3.07 bits per heavy atom. The highest BCUT2D eigenvalue weighted by molar-refractivity contribution is 6.32. The maximum absolute atomic E-state index is 6.08. The van der Waals surface area contributed by atoms with Gasteiger partial charge in [0.25, 0.3) is 0 Å². The van der Waals surface area contributed by atoms with Crippen LogP contribution in [0.3, 0.4) is 0 Å². The van der Waals surface area contributed by atoms with Gasteiger partial charge < -0.3 is 4.90 Å². The van der Waals surface area contributed by atoms with E-state index in [-0.39, 0.29) is 0 Å². The third-order valence-electron chi connectivity index (χ3n) is 2.96. The second-order valence-electron chi connectivity index (χ2n) is 4.22. The van der Waals surface area contributed by atoms with Crippen LogP contribution in [0.25, 0.3) is 0 Å². The first-order valence-electron chi connectivity index (χ1n) is 5.48. The molecular formula is C11H16ClN3. The highest BCUT2D eigenvalue weighted by Gasteiger charge is 2.16. The predicted octanol–water partition coefficient (Wildman–Crippen LogP) is 2.76. The average Bonchev–Trinajstić information content (AvgIpc) is 2.44. The van der Waals surface area contributed by atoms with Crippen LogP contribution >= 0.6 is 11.6 Å². The predicted molar refractivity (Wildman–Crippen MR) is 62.3 cm³/mol. The van der Waals surface area contributed by atoms with E-state index in [4.69, 9.17) is 11.6 Å². The van der Waals surface area contributed by atoms with Gasteiger partial charge in [0.15, 0.2) is 5.82 Å². The third kappa shape index (κ3) is 2.59. The van der Waals surface area contributed by atoms with Crippen LogP contribution in [-0.4, -0.2) is 23.1 Å². The van der Waals surface area contributed by atoms with Crippen LogP contribution in [0.5, 0.6) is 0 Å². The average molecular weight is 226 g/mol. The second kappa shape index (κ2) is 4.79. The van der Waals surface area contributed by atoms with Gasteiger partial charge in [-0.05, 0) is 25.2 Å². The number of anilines is 1. The zero-order valence-corrected chi connectivity index (χ0v) is 9.74. The van der Waals surface area contributed by atoms with Crippen LogP contribution in [-0.2, 0) is 0 Å². The lowest BCUT2D eigenvalue weighted by Gasteiger charge is -2.21. The molecule has 1 atom stereocenters. The summed E-state index contributed by atoms with van der Waals surface area (Å²) in [7, 11) is 0. The normalized spacial score (nSPS) is 22.5. The zero-order chi connectivity index (χ0) is 10.7. The molecular weight excluding hydrogens is 210 g/mol. The molecule has 1 aliphatic heterocycles. The molecule has 2 rings (SSSR count). The van der Waals surface area contributed by atoms with E-state index in [1.54, 1.807) is 12.5 Å². The molecule has 0 amide bonds. The van der Waals surface area contributed by atoms with Gasteiger partial charge in [0.05, 0.1) is 6.20 Å². The Bertz CT molecular complexity index is 329. The molecule has 4 heteroatoms. The molecule has 0 unspecified atom stereocenters. The topological polar surface area (TPSA) is 29.0 Å². The number of nitrogens with zero attached hydrogens (tertiary/aromatic N) is 3. The Hall–Kier alpha value is -0.830. The van der Waals surface area contributed by atoms with E-state index < -0.39 is 0 Å². The van der Waals surface area contributed by atoms with Crippen molar-refractivity contribution in [3.8, 4) is 0 Å². The lowest BCUT2D eigenvalue weighted by Crippen LogP contribution is -2.25. The van der Waals surface area contributed by atoms with E-state index in [1.807, 2.05) is 0 Å². The smallest absolute Gasteiger partial charge is 0.150 e. The van der Waals surface area contributed by atoms with Crippen LogP contribution < -0.4 is 4.90 Å². The largest absolute Gasteiger partial charge is 0.355 e. The molecule has 1 aromatic heterocycles. The molecule has 2 heterocycles. The third-order valence-corrected chi connectivity index (χ3v) is 3.23. The van der Waals surface area contributed by atoms with Crippen LogP contribution in [0, 0.1) is 5.92 Å². The second-order valence-corrected chi connectivity index (χ2v) is 4.62. The first-order valence-corrected chi connectivity index (χ1v) is 5.85. The number of rotatable bonds is 1. The summed E-state index contributed by atoms with van der Waals surface area (Å²) in [4.78, 5) is 10.4. The summed E-state index contributed by atoms with van der Waals surface area (Å²) in [6, 6.07) is 0. The summed E-state index contributed by atoms with van der Waals surface area (Å²) in [5.74, 6) is 1.70. The van der Waals surface area contributed by atoms with E-state index in [0.717, 1.165) is 24.8 Å². The Kier molecular flexibility index (Phi) is 3.41. The monoisotopic (exact) mass is 225 g/mol. The highest BCUT2D eigenvalue weighted by atomic mass is 35.5. The quantitative estimate of drug-likeness (QED) is 0.736. The molecule has 1 fully saturated rings. The Morgan fingerprint density at radius 1 is 1.40 bits per heavy atom. The van der Waals surface area contributed by atoms with Gasteiger partial charge in [-0.15, -0.1) is 0 Å². The molecule has 15 heavy (non-hydrogen) atoms. The van der Waals surface area contributed by atoms with Gasteiger partial charge in [-0.25, -0.2) is 9.97 Å².